The van der Waals surface area contributed by atoms with Gasteiger partial charge in [0.15, 0.2) is 0 Å². The largest absolute Gasteiger partial charge is 0.360 e. The molecular formula is C22H26ClN7O. The minimum atomic E-state index is 0.176. The number of rotatable bonds is 6. The lowest BCUT2D eigenvalue weighted by atomic mass is 10.1. The van der Waals surface area contributed by atoms with E-state index < -0.39 is 0 Å². The molecule has 0 atom stereocenters. The van der Waals surface area contributed by atoms with Crippen molar-refractivity contribution < 1.29 is 4.79 Å². The van der Waals surface area contributed by atoms with Crippen molar-refractivity contribution in [3.63, 3.8) is 0 Å². The maximum Gasteiger partial charge on any atom is 0.236 e. The van der Waals surface area contributed by atoms with Crippen LogP contribution in [0.15, 0.2) is 36.7 Å². The molecule has 8 nitrogen and oxygen atoms in total. The van der Waals surface area contributed by atoms with Crippen molar-refractivity contribution in [3.8, 4) is 11.3 Å². The molecule has 0 saturated carbocycles. The highest BCUT2D eigenvalue weighted by atomic mass is 35.5. The summed E-state index contributed by atoms with van der Waals surface area (Å²) in [6.07, 6.45) is 5.31. The predicted octanol–water partition coefficient (Wildman–Crippen LogP) is 2.24. The van der Waals surface area contributed by atoms with Crippen molar-refractivity contribution in [2.24, 2.45) is 0 Å². The number of benzene rings is 1. The molecule has 2 aromatic heterocycles. The van der Waals surface area contributed by atoms with Crippen LogP contribution in [0, 0.1) is 0 Å². The van der Waals surface area contributed by atoms with Crippen molar-refractivity contribution >= 4 is 34.4 Å². The Morgan fingerprint density at radius 3 is 2.77 bits per heavy atom. The van der Waals surface area contributed by atoms with Crippen LogP contribution in [-0.4, -0.2) is 70.6 Å². The highest BCUT2D eigenvalue weighted by molar-refractivity contribution is 6.33. The number of nitrogens with one attached hydrogen (secondary N) is 4. The lowest BCUT2D eigenvalue weighted by Crippen LogP contribution is -2.57. The lowest BCUT2D eigenvalue weighted by molar-refractivity contribution is -0.131. The number of fused-ring (bicyclic) bond motifs is 1. The quantitative estimate of drug-likeness (QED) is 0.470. The average molecular weight is 440 g/mol. The highest BCUT2D eigenvalue weighted by Gasteiger charge is 2.25. The molecule has 4 N–H and O–H groups in total. The molecular weight excluding hydrogens is 414 g/mol. The van der Waals surface area contributed by atoms with Crippen molar-refractivity contribution in [1.82, 2.24) is 30.5 Å². The summed E-state index contributed by atoms with van der Waals surface area (Å²) in [5.74, 6) is 0.739. The molecule has 162 valence electrons. The van der Waals surface area contributed by atoms with E-state index in [2.05, 4.69) is 32.0 Å². The van der Waals surface area contributed by atoms with E-state index in [1.54, 1.807) is 6.20 Å². The van der Waals surface area contributed by atoms with E-state index in [1.165, 1.54) is 0 Å². The number of H-pyrrole nitrogens is 1. The number of carbonyl (C=O) groups is 1. The fourth-order valence-electron chi connectivity index (χ4n) is 4.13. The zero-order chi connectivity index (χ0) is 21.2. The number of aromatic nitrogens is 3. The molecule has 0 radical (unpaired) electrons. The molecule has 0 spiro atoms. The average Bonchev–Trinajstić information content (AvgIpc) is 3.18. The van der Waals surface area contributed by atoms with Crippen molar-refractivity contribution in [1.29, 1.82) is 0 Å². The maximum atomic E-state index is 12.4. The van der Waals surface area contributed by atoms with Gasteiger partial charge in [-0.15, -0.1) is 0 Å². The number of aromatic amines is 1. The van der Waals surface area contributed by atoms with Gasteiger partial charge in [-0.1, -0.05) is 29.8 Å². The van der Waals surface area contributed by atoms with Crippen LogP contribution in [0.3, 0.4) is 0 Å². The number of likely N-dealkylation sites (tertiary alicyclic amines) is 1. The first-order valence-corrected chi connectivity index (χ1v) is 11.1. The molecule has 0 aliphatic carbocycles. The smallest absolute Gasteiger partial charge is 0.236 e. The second-order valence-corrected chi connectivity index (χ2v) is 8.58. The standard InChI is InChI=1S/C22H26ClN7O/c23-18-12-27-22(29-21(18)17-11-26-19-4-2-1-3-16(17)19)28-14-5-7-30(8-6-14)20(31)13-25-15-9-24-10-15/h1-4,11-12,14-15,24-26H,5-10,13H2,(H,27,28,29). The molecule has 2 fully saturated rings. The first kappa shape index (κ1) is 20.2. The number of amides is 1. The van der Waals surface area contributed by atoms with E-state index in [4.69, 9.17) is 16.6 Å². The topological polar surface area (TPSA) is 98.0 Å². The number of hydrogen-bond donors (Lipinski definition) is 4. The third kappa shape index (κ3) is 4.37. The van der Waals surface area contributed by atoms with E-state index in [-0.39, 0.29) is 11.9 Å². The molecule has 5 rings (SSSR count). The summed E-state index contributed by atoms with van der Waals surface area (Å²) in [5, 5.41) is 11.5. The van der Waals surface area contributed by atoms with Crippen LogP contribution in [0.1, 0.15) is 12.8 Å². The highest BCUT2D eigenvalue weighted by Crippen LogP contribution is 2.32. The Balaban J connectivity index is 1.21. The van der Waals surface area contributed by atoms with Gasteiger partial charge in [0.1, 0.15) is 0 Å². The van der Waals surface area contributed by atoms with E-state index >= 15 is 0 Å². The number of hydrogen-bond acceptors (Lipinski definition) is 6. The molecule has 9 heteroatoms. The summed E-state index contributed by atoms with van der Waals surface area (Å²) in [6.45, 7) is 3.79. The monoisotopic (exact) mass is 439 g/mol. The van der Waals surface area contributed by atoms with Gasteiger partial charge in [-0.05, 0) is 18.9 Å². The minimum absolute atomic E-state index is 0.176. The number of halogens is 1. The Morgan fingerprint density at radius 2 is 2.00 bits per heavy atom. The van der Waals surface area contributed by atoms with E-state index in [1.807, 2.05) is 29.3 Å². The van der Waals surface area contributed by atoms with Gasteiger partial charge in [-0.25, -0.2) is 9.97 Å². The molecule has 1 amide bonds. The normalized spacial score (nSPS) is 17.6. The van der Waals surface area contributed by atoms with Gasteiger partial charge in [0.05, 0.1) is 23.5 Å². The van der Waals surface area contributed by atoms with Gasteiger partial charge < -0.3 is 25.8 Å². The first-order chi connectivity index (χ1) is 15.2. The molecule has 4 heterocycles. The van der Waals surface area contributed by atoms with Gasteiger partial charge in [-0.3, -0.25) is 4.79 Å². The van der Waals surface area contributed by atoms with Crippen LogP contribution in [0.25, 0.3) is 22.2 Å². The summed E-state index contributed by atoms with van der Waals surface area (Å²) in [6, 6.07) is 8.73. The Kier molecular flexibility index (Phi) is 5.76. The second-order valence-electron chi connectivity index (χ2n) is 8.17. The zero-order valence-electron chi connectivity index (χ0n) is 17.2. The van der Waals surface area contributed by atoms with Gasteiger partial charge >= 0.3 is 0 Å². The van der Waals surface area contributed by atoms with Crippen LogP contribution in [0.4, 0.5) is 5.95 Å². The Bertz CT molecular complexity index is 1070. The third-order valence-corrected chi connectivity index (χ3v) is 6.37. The summed E-state index contributed by atoms with van der Waals surface area (Å²) in [5.41, 5.74) is 2.71. The Hall–Kier alpha value is -2.68. The van der Waals surface area contributed by atoms with E-state index in [0.717, 1.165) is 55.5 Å². The molecule has 3 aromatic rings. The van der Waals surface area contributed by atoms with Crippen molar-refractivity contribution in [2.75, 3.05) is 38.0 Å². The number of carbonyl (C=O) groups excluding carboxylic acids is 1. The lowest BCUT2D eigenvalue weighted by Gasteiger charge is -2.34. The molecule has 2 aliphatic rings. The fraction of sp³-hybridized carbons (Fsp3) is 0.409. The van der Waals surface area contributed by atoms with Crippen LogP contribution in [0.5, 0.6) is 0 Å². The van der Waals surface area contributed by atoms with Crippen LogP contribution in [0.2, 0.25) is 5.02 Å². The first-order valence-electron chi connectivity index (χ1n) is 10.7. The summed E-state index contributed by atoms with van der Waals surface area (Å²) < 4.78 is 0. The molecule has 31 heavy (non-hydrogen) atoms. The summed E-state index contributed by atoms with van der Waals surface area (Å²) in [4.78, 5) is 26.7. The molecule has 0 bridgehead atoms. The number of piperidine rings is 1. The summed E-state index contributed by atoms with van der Waals surface area (Å²) >= 11 is 6.43. The van der Waals surface area contributed by atoms with E-state index in [0.29, 0.717) is 29.3 Å². The SMILES string of the molecule is O=C(CNC1CNC1)N1CCC(Nc2ncc(Cl)c(-c3c[nH]c4ccccc34)n2)CC1. The second kappa shape index (κ2) is 8.82. The molecule has 1 aromatic carbocycles. The Labute approximate surface area is 185 Å². The van der Waals surface area contributed by atoms with Crippen LogP contribution in [-0.2, 0) is 4.79 Å². The van der Waals surface area contributed by atoms with Gasteiger partial charge in [0.25, 0.3) is 0 Å². The van der Waals surface area contributed by atoms with Gasteiger partial charge in [0.2, 0.25) is 11.9 Å². The third-order valence-electron chi connectivity index (χ3n) is 6.09. The van der Waals surface area contributed by atoms with Gasteiger partial charge in [-0.2, -0.15) is 0 Å². The number of anilines is 1. The summed E-state index contributed by atoms with van der Waals surface area (Å²) in [7, 11) is 0. The molecule has 0 unspecified atom stereocenters. The minimum Gasteiger partial charge on any atom is -0.360 e. The zero-order valence-corrected chi connectivity index (χ0v) is 18.0. The van der Waals surface area contributed by atoms with Gasteiger partial charge in [0, 0.05) is 60.9 Å². The maximum absolute atomic E-state index is 12.4. The predicted molar refractivity (Wildman–Crippen MR) is 122 cm³/mol. The molecule has 2 aliphatic heterocycles. The van der Waals surface area contributed by atoms with E-state index in [9.17, 15) is 4.79 Å². The number of para-hydroxylation sites is 1. The van der Waals surface area contributed by atoms with Crippen LogP contribution < -0.4 is 16.0 Å². The van der Waals surface area contributed by atoms with Crippen molar-refractivity contribution in [2.45, 2.75) is 24.9 Å². The van der Waals surface area contributed by atoms with Crippen LogP contribution >= 0.6 is 11.6 Å². The Morgan fingerprint density at radius 1 is 1.19 bits per heavy atom. The van der Waals surface area contributed by atoms with Crippen molar-refractivity contribution in [3.05, 3.63) is 41.7 Å². The fourth-order valence-corrected chi connectivity index (χ4v) is 4.32. The molecule has 2 saturated heterocycles. The number of nitrogens with zero attached hydrogens (tertiary/aromatic N) is 3.